The van der Waals surface area contributed by atoms with Crippen LogP contribution in [0.3, 0.4) is 0 Å². The first kappa shape index (κ1) is 9.98. The zero-order valence-corrected chi connectivity index (χ0v) is 8.26. The fraction of sp³-hybridized carbons (Fsp3) is 0.364. The van der Waals surface area contributed by atoms with E-state index in [2.05, 4.69) is 0 Å². The second-order valence-electron chi connectivity index (χ2n) is 3.72. The van der Waals surface area contributed by atoms with E-state index in [1.165, 1.54) is 4.90 Å². The predicted octanol–water partition coefficient (Wildman–Crippen LogP) is 1.08. The molecule has 0 bridgehead atoms. The molecule has 0 aromatic heterocycles. The first-order valence-electron chi connectivity index (χ1n) is 4.89. The van der Waals surface area contributed by atoms with Crippen molar-refractivity contribution in [3.8, 4) is 0 Å². The average molecular weight is 207 g/mol. The number of carboxylic acid groups (broad SMARTS) is 1. The minimum atomic E-state index is -0.969. The highest BCUT2D eigenvalue weighted by Crippen LogP contribution is 2.22. The van der Waals surface area contributed by atoms with E-state index in [4.69, 9.17) is 10.2 Å². The lowest BCUT2D eigenvalue weighted by molar-refractivity contribution is 0.0874. The molecule has 1 aromatic carbocycles. The van der Waals surface area contributed by atoms with Crippen LogP contribution in [-0.2, 0) is 13.0 Å². The fourth-order valence-corrected chi connectivity index (χ4v) is 1.97. The SMILES string of the molecule is O=C(O)N1Cc2ccccc2CC1CO. The van der Waals surface area contributed by atoms with Crippen LogP contribution < -0.4 is 0 Å². The van der Waals surface area contributed by atoms with Gasteiger partial charge in [-0.2, -0.15) is 0 Å². The monoisotopic (exact) mass is 207 g/mol. The molecule has 0 aliphatic carbocycles. The van der Waals surface area contributed by atoms with E-state index in [1.54, 1.807) is 0 Å². The molecule has 1 unspecified atom stereocenters. The van der Waals surface area contributed by atoms with Gasteiger partial charge in [0, 0.05) is 6.54 Å². The Bertz CT molecular complexity index is 378. The van der Waals surface area contributed by atoms with E-state index in [0.29, 0.717) is 13.0 Å². The summed E-state index contributed by atoms with van der Waals surface area (Å²) in [6.45, 7) is 0.247. The van der Waals surface area contributed by atoms with Crippen molar-refractivity contribution in [2.45, 2.75) is 19.0 Å². The van der Waals surface area contributed by atoms with Gasteiger partial charge in [-0.3, -0.25) is 4.90 Å². The molecule has 1 aliphatic heterocycles. The van der Waals surface area contributed by atoms with Gasteiger partial charge in [-0.05, 0) is 17.5 Å². The minimum Gasteiger partial charge on any atom is -0.465 e. The summed E-state index contributed by atoms with van der Waals surface area (Å²) in [4.78, 5) is 12.2. The third kappa shape index (κ3) is 1.80. The van der Waals surface area contributed by atoms with Crippen LogP contribution in [0, 0.1) is 0 Å². The van der Waals surface area contributed by atoms with Gasteiger partial charge in [0.1, 0.15) is 0 Å². The number of aliphatic hydroxyl groups is 1. The van der Waals surface area contributed by atoms with Crippen LogP contribution in [-0.4, -0.2) is 33.9 Å². The third-order valence-corrected chi connectivity index (χ3v) is 2.81. The van der Waals surface area contributed by atoms with E-state index in [1.807, 2.05) is 24.3 Å². The number of carbonyl (C=O) groups is 1. The normalized spacial score (nSPS) is 19.8. The van der Waals surface area contributed by atoms with Crippen molar-refractivity contribution in [3.05, 3.63) is 35.4 Å². The van der Waals surface area contributed by atoms with Crippen LogP contribution in [0.4, 0.5) is 4.79 Å². The van der Waals surface area contributed by atoms with Gasteiger partial charge < -0.3 is 10.2 Å². The maximum absolute atomic E-state index is 10.9. The molecule has 4 nitrogen and oxygen atoms in total. The van der Waals surface area contributed by atoms with Crippen LogP contribution in [0.2, 0.25) is 0 Å². The maximum atomic E-state index is 10.9. The highest BCUT2D eigenvalue weighted by Gasteiger charge is 2.28. The molecule has 80 valence electrons. The molecule has 1 amide bonds. The van der Waals surface area contributed by atoms with Gasteiger partial charge in [-0.25, -0.2) is 4.79 Å². The van der Waals surface area contributed by atoms with Gasteiger partial charge in [0.25, 0.3) is 0 Å². The largest absolute Gasteiger partial charge is 0.465 e. The van der Waals surface area contributed by atoms with Crippen LogP contribution in [0.5, 0.6) is 0 Å². The number of amides is 1. The molecule has 0 saturated heterocycles. The third-order valence-electron chi connectivity index (χ3n) is 2.81. The topological polar surface area (TPSA) is 60.8 Å². The van der Waals surface area contributed by atoms with E-state index >= 15 is 0 Å². The minimum absolute atomic E-state index is 0.124. The molecule has 0 fully saturated rings. The molecule has 15 heavy (non-hydrogen) atoms. The van der Waals surface area contributed by atoms with E-state index in [9.17, 15) is 4.79 Å². The number of nitrogens with zero attached hydrogens (tertiary/aromatic N) is 1. The lowest BCUT2D eigenvalue weighted by Gasteiger charge is -2.33. The Morgan fingerprint density at radius 2 is 2.07 bits per heavy atom. The van der Waals surface area contributed by atoms with E-state index < -0.39 is 6.09 Å². The van der Waals surface area contributed by atoms with Crippen LogP contribution in [0.15, 0.2) is 24.3 Å². The first-order valence-corrected chi connectivity index (χ1v) is 4.89. The van der Waals surface area contributed by atoms with Gasteiger partial charge in [-0.1, -0.05) is 24.3 Å². The van der Waals surface area contributed by atoms with Crippen LogP contribution in [0.1, 0.15) is 11.1 Å². The quantitative estimate of drug-likeness (QED) is 0.724. The van der Waals surface area contributed by atoms with Gasteiger partial charge in [0.2, 0.25) is 0 Å². The van der Waals surface area contributed by atoms with Gasteiger partial charge >= 0.3 is 6.09 Å². The van der Waals surface area contributed by atoms with Crippen LogP contribution in [0.25, 0.3) is 0 Å². The summed E-state index contributed by atoms with van der Waals surface area (Å²) in [6, 6.07) is 7.44. The van der Waals surface area contributed by atoms with Crippen molar-refractivity contribution in [1.82, 2.24) is 4.90 Å². The zero-order chi connectivity index (χ0) is 10.8. The molecular formula is C11H13NO3. The number of rotatable bonds is 1. The predicted molar refractivity (Wildman–Crippen MR) is 54.6 cm³/mol. The smallest absolute Gasteiger partial charge is 0.407 e. The van der Waals surface area contributed by atoms with Crippen LogP contribution >= 0.6 is 0 Å². The molecule has 4 heteroatoms. The van der Waals surface area contributed by atoms with E-state index in [-0.39, 0.29) is 12.6 Å². The van der Waals surface area contributed by atoms with Crippen molar-refractivity contribution in [2.24, 2.45) is 0 Å². The van der Waals surface area contributed by atoms with Crippen molar-refractivity contribution in [1.29, 1.82) is 0 Å². The van der Waals surface area contributed by atoms with Crippen molar-refractivity contribution in [2.75, 3.05) is 6.61 Å². The molecule has 0 radical (unpaired) electrons. The molecule has 2 rings (SSSR count). The summed E-state index contributed by atoms with van der Waals surface area (Å²) in [5, 5.41) is 18.1. The molecule has 1 aliphatic rings. The molecule has 0 spiro atoms. The van der Waals surface area contributed by atoms with Gasteiger partial charge in [0.05, 0.1) is 12.6 Å². The number of aliphatic hydroxyl groups excluding tert-OH is 1. The number of benzene rings is 1. The lowest BCUT2D eigenvalue weighted by atomic mass is 9.95. The summed E-state index contributed by atoms with van der Waals surface area (Å²) in [6.07, 6.45) is -0.373. The Morgan fingerprint density at radius 1 is 1.40 bits per heavy atom. The highest BCUT2D eigenvalue weighted by atomic mass is 16.4. The Hall–Kier alpha value is -1.55. The molecule has 0 saturated carbocycles. The highest BCUT2D eigenvalue weighted by molar-refractivity contribution is 5.66. The second kappa shape index (κ2) is 3.90. The van der Waals surface area contributed by atoms with Crippen molar-refractivity contribution in [3.63, 3.8) is 0 Å². The first-order chi connectivity index (χ1) is 7.22. The zero-order valence-electron chi connectivity index (χ0n) is 8.26. The van der Waals surface area contributed by atoms with Crippen molar-refractivity contribution >= 4 is 6.09 Å². The second-order valence-corrected chi connectivity index (χ2v) is 3.72. The number of hydrogen-bond donors (Lipinski definition) is 2. The summed E-state index contributed by atoms with van der Waals surface area (Å²) in [7, 11) is 0. The Labute approximate surface area is 87.8 Å². The Balaban J connectivity index is 2.30. The van der Waals surface area contributed by atoms with E-state index in [0.717, 1.165) is 11.1 Å². The standard InChI is InChI=1S/C11H13NO3/c13-7-10-5-8-3-1-2-4-9(8)6-12(10)11(14)15/h1-4,10,13H,5-7H2,(H,14,15). The fourth-order valence-electron chi connectivity index (χ4n) is 1.97. The maximum Gasteiger partial charge on any atom is 0.407 e. The summed E-state index contributed by atoms with van der Waals surface area (Å²) in [5.41, 5.74) is 2.17. The Morgan fingerprint density at radius 3 is 2.67 bits per heavy atom. The molecular weight excluding hydrogens is 194 g/mol. The Kier molecular flexibility index (Phi) is 2.60. The van der Waals surface area contributed by atoms with Gasteiger partial charge in [-0.15, -0.1) is 0 Å². The number of hydrogen-bond acceptors (Lipinski definition) is 2. The van der Waals surface area contributed by atoms with Crippen molar-refractivity contribution < 1.29 is 15.0 Å². The molecule has 1 atom stereocenters. The number of fused-ring (bicyclic) bond motifs is 1. The molecule has 1 heterocycles. The summed E-state index contributed by atoms with van der Waals surface area (Å²) < 4.78 is 0. The molecule has 2 N–H and O–H groups in total. The van der Waals surface area contributed by atoms with Gasteiger partial charge in [0.15, 0.2) is 0 Å². The average Bonchev–Trinajstić information content (AvgIpc) is 2.27. The summed E-state index contributed by atoms with van der Waals surface area (Å²) >= 11 is 0. The lowest BCUT2D eigenvalue weighted by Crippen LogP contribution is -2.45. The summed E-state index contributed by atoms with van der Waals surface area (Å²) in [5.74, 6) is 0. The molecule has 1 aromatic rings.